The number of fused-ring (bicyclic) bond motifs is 2. The molecule has 11 heteroatoms. The van der Waals surface area contributed by atoms with Gasteiger partial charge in [0.15, 0.2) is 0 Å². The van der Waals surface area contributed by atoms with Gasteiger partial charge in [-0.1, -0.05) is 68.5 Å². The maximum Gasteiger partial charge on any atom is 0.306 e. The summed E-state index contributed by atoms with van der Waals surface area (Å²) >= 11 is 0. The summed E-state index contributed by atoms with van der Waals surface area (Å²) in [5, 5.41) is 13.8. The third-order valence-corrected chi connectivity index (χ3v) is 10.6. The van der Waals surface area contributed by atoms with Crippen molar-refractivity contribution in [2.75, 3.05) is 42.6 Å². The summed E-state index contributed by atoms with van der Waals surface area (Å²) in [4.78, 5) is 62.4. The van der Waals surface area contributed by atoms with E-state index in [1.807, 2.05) is 74.5 Å². The number of nitrogens with zero attached hydrogens (tertiary/aromatic N) is 3. The molecular formula is C40H50N4O7. The van der Waals surface area contributed by atoms with Crippen LogP contribution in [0.5, 0.6) is 0 Å². The predicted octanol–water partition coefficient (Wildman–Crippen LogP) is 4.17. The molecule has 2 saturated heterocycles. The molecular weight excluding hydrogens is 648 g/mol. The van der Waals surface area contributed by atoms with E-state index in [0.717, 1.165) is 24.3 Å². The molecule has 2 fully saturated rings. The SMILES string of the molecule is CCN(CC)c1ccc(N2CC=C[C@]34O[C@@H]5/C=C\CCC(=O)OC[C@@H](c6ccccc6)NC(=O)[C@@H]5[C@H]3C(=O)N([C@@H](CO)CC(C)C)[C@@H]4C2=O)cc1. The van der Waals surface area contributed by atoms with Gasteiger partial charge in [0, 0.05) is 37.4 Å². The van der Waals surface area contributed by atoms with Crippen LogP contribution in [-0.4, -0.2) is 90.3 Å². The molecule has 11 nitrogen and oxygen atoms in total. The maximum atomic E-state index is 15.0. The Morgan fingerprint density at radius 2 is 1.71 bits per heavy atom. The number of anilines is 2. The quantitative estimate of drug-likeness (QED) is 0.295. The number of carbonyl (C=O) groups excluding carboxylic acids is 4. The molecule has 4 aliphatic heterocycles. The molecule has 0 radical (unpaired) electrons. The molecule has 6 rings (SSSR count). The van der Waals surface area contributed by atoms with E-state index in [9.17, 15) is 19.5 Å². The van der Waals surface area contributed by atoms with Crippen molar-refractivity contribution in [3.63, 3.8) is 0 Å². The molecule has 2 aromatic carbocycles. The Kier molecular flexibility index (Phi) is 11.0. The molecule has 4 aliphatic rings. The highest BCUT2D eigenvalue weighted by Gasteiger charge is 2.72. The summed E-state index contributed by atoms with van der Waals surface area (Å²) in [6, 6.07) is 14.6. The van der Waals surface area contributed by atoms with E-state index in [-0.39, 0.29) is 44.0 Å². The van der Waals surface area contributed by atoms with Gasteiger partial charge in [0.25, 0.3) is 5.91 Å². The maximum absolute atomic E-state index is 15.0. The number of amides is 3. The van der Waals surface area contributed by atoms with Crippen LogP contribution in [0.3, 0.4) is 0 Å². The van der Waals surface area contributed by atoms with E-state index in [1.165, 1.54) is 4.90 Å². The summed E-state index contributed by atoms with van der Waals surface area (Å²) in [7, 11) is 0. The smallest absolute Gasteiger partial charge is 0.306 e. The number of allylic oxidation sites excluding steroid dienone is 1. The summed E-state index contributed by atoms with van der Waals surface area (Å²) in [5.74, 6) is -3.50. The van der Waals surface area contributed by atoms with Crippen molar-refractivity contribution in [1.82, 2.24) is 10.2 Å². The normalized spacial score (nSPS) is 29.3. The van der Waals surface area contributed by atoms with Gasteiger partial charge in [-0.3, -0.25) is 19.2 Å². The van der Waals surface area contributed by atoms with Crippen molar-refractivity contribution in [3.05, 3.63) is 84.5 Å². The molecule has 0 saturated carbocycles. The second kappa shape index (κ2) is 15.4. The number of benzene rings is 2. The van der Waals surface area contributed by atoms with Gasteiger partial charge in [-0.25, -0.2) is 0 Å². The van der Waals surface area contributed by atoms with Crippen LogP contribution in [0.1, 0.15) is 58.6 Å². The molecule has 2 N–H and O–H groups in total. The first kappa shape index (κ1) is 36.3. The molecule has 0 aliphatic carbocycles. The van der Waals surface area contributed by atoms with Gasteiger partial charge >= 0.3 is 5.97 Å². The highest BCUT2D eigenvalue weighted by atomic mass is 16.5. The number of ether oxygens (including phenoxy) is 2. The Hall–Kier alpha value is -4.48. The fourth-order valence-electron chi connectivity index (χ4n) is 8.25. The van der Waals surface area contributed by atoms with E-state index < -0.39 is 53.5 Å². The van der Waals surface area contributed by atoms with E-state index in [2.05, 4.69) is 24.1 Å². The fourth-order valence-corrected chi connectivity index (χ4v) is 8.25. The van der Waals surface area contributed by atoms with Crippen molar-refractivity contribution < 1.29 is 33.8 Å². The predicted molar refractivity (Wildman–Crippen MR) is 194 cm³/mol. The van der Waals surface area contributed by atoms with Crippen LogP contribution in [0.15, 0.2) is 78.9 Å². The Balaban J connectivity index is 1.43. The summed E-state index contributed by atoms with van der Waals surface area (Å²) in [5.41, 5.74) is 0.981. The highest BCUT2D eigenvalue weighted by molar-refractivity contribution is 6.06. The average molecular weight is 699 g/mol. The number of esters is 1. The van der Waals surface area contributed by atoms with Gasteiger partial charge in [0.2, 0.25) is 11.8 Å². The van der Waals surface area contributed by atoms with Gasteiger partial charge in [-0.15, -0.1) is 0 Å². The van der Waals surface area contributed by atoms with Gasteiger partial charge in [0.1, 0.15) is 18.2 Å². The van der Waals surface area contributed by atoms with Crippen molar-refractivity contribution in [3.8, 4) is 0 Å². The van der Waals surface area contributed by atoms with Crippen molar-refractivity contribution >= 4 is 35.1 Å². The van der Waals surface area contributed by atoms with E-state index >= 15 is 4.79 Å². The number of nitrogens with one attached hydrogen (secondary N) is 1. The minimum Gasteiger partial charge on any atom is -0.463 e. The van der Waals surface area contributed by atoms with Crippen molar-refractivity contribution in [2.45, 2.75) is 76.8 Å². The number of hydrogen-bond donors (Lipinski definition) is 2. The van der Waals surface area contributed by atoms with Gasteiger partial charge in [-0.2, -0.15) is 0 Å². The standard InChI is InChI=1S/C40H50N4O7/c1-5-42(6-2)28-17-19-29(20-18-28)43-22-12-21-40-35(38(48)44(36(40)39(43)49)30(24-45)23-26(3)4)34-32(51-40)15-10-11-16-33(46)50-25-31(41-37(34)47)27-13-8-7-9-14-27/h7-10,12-15,17-21,26,30-32,34-36,45H,5-6,11,16,22-25H2,1-4H3,(H,41,47)/b15-10-/t30-,31+,32-,34+,35+,36-,40+/m1/s1. The first-order chi connectivity index (χ1) is 24.6. The molecule has 3 amide bonds. The van der Waals surface area contributed by atoms with Crippen LogP contribution in [0, 0.1) is 17.8 Å². The lowest BCUT2D eigenvalue weighted by molar-refractivity contribution is -0.147. The average Bonchev–Trinajstić information content (AvgIpc) is 3.52. The monoisotopic (exact) mass is 698 g/mol. The molecule has 7 atom stereocenters. The van der Waals surface area contributed by atoms with E-state index in [0.29, 0.717) is 18.5 Å². The Labute approximate surface area is 300 Å². The van der Waals surface area contributed by atoms with Crippen LogP contribution in [-0.2, 0) is 28.7 Å². The Bertz CT molecular complexity index is 1640. The Morgan fingerprint density at radius 3 is 2.37 bits per heavy atom. The summed E-state index contributed by atoms with van der Waals surface area (Å²) < 4.78 is 12.5. The summed E-state index contributed by atoms with van der Waals surface area (Å²) in [6.07, 6.45) is 7.27. The zero-order chi connectivity index (χ0) is 36.3. The largest absolute Gasteiger partial charge is 0.463 e. The lowest BCUT2D eigenvalue weighted by atomic mass is 9.77. The fraction of sp³-hybridized carbons (Fsp3) is 0.500. The zero-order valence-corrected chi connectivity index (χ0v) is 29.9. The van der Waals surface area contributed by atoms with Crippen LogP contribution in [0.2, 0.25) is 0 Å². The van der Waals surface area contributed by atoms with Crippen LogP contribution >= 0.6 is 0 Å². The number of aliphatic hydroxyl groups is 1. The lowest BCUT2D eigenvalue weighted by Gasteiger charge is -2.39. The molecule has 2 aromatic rings. The summed E-state index contributed by atoms with van der Waals surface area (Å²) in [6.45, 7) is 9.71. The Morgan fingerprint density at radius 1 is 0.980 bits per heavy atom. The number of aliphatic hydroxyl groups excluding tert-OH is 1. The van der Waals surface area contributed by atoms with Crippen LogP contribution in [0.25, 0.3) is 0 Å². The third kappa shape index (κ3) is 6.93. The molecule has 0 unspecified atom stereocenters. The molecule has 0 bridgehead atoms. The van der Waals surface area contributed by atoms with Crippen molar-refractivity contribution in [2.24, 2.45) is 17.8 Å². The number of cyclic esters (lactones) is 1. The first-order valence-electron chi connectivity index (χ1n) is 18.3. The van der Waals surface area contributed by atoms with Crippen LogP contribution in [0.4, 0.5) is 11.4 Å². The number of carbonyl (C=O) groups is 4. The van der Waals surface area contributed by atoms with E-state index in [1.54, 1.807) is 23.1 Å². The van der Waals surface area contributed by atoms with Gasteiger partial charge in [0.05, 0.1) is 36.6 Å². The van der Waals surface area contributed by atoms with Gasteiger partial charge < -0.3 is 34.6 Å². The molecule has 1 spiro atoms. The van der Waals surface area contributed by atoms with E-state index in [4.69, 9.17) is 9.47 Å². The van der Waals surface area contributed by atoms with Crippen LogP contribution < -0.4 is 15.1 Å². The zero-order valence-electron chi connectivity index (χ0n) is 29.9. The topological polar surface area (TPSA) is 129 Å². The molecule has 272 valence electrons. The third-order valence-electron chi connectivity index (χ3n) is 10.6. The highest BCUT2D eigenvalue weighted by Crippen LogP contribution is 2.54. The molecule has 4 heterocycles. The second-order valence-electron chi connectivity index (χ2n) is 14.2. The first-order valence-corrected chi connectivity index (χ1v) is 18.3. The molecule has 0 aromatic heterocycles. The number of likely N-dealkylation sites (tertiary alicyclic amines) is 1. The second-order valence-corrected chi connectivity index (χ2v) is 14.2. The minimum atomic E-state index is -1.49. The number of rotatable bonds is 9. The number of hydrogen-bond acceptors (Lipinski definition) is 8. The molecule has 51 heavy (non-hydrogen) atoms. The lowest BCUT2D eigenvalue weighted by Crippen LogP contribution is -2.58. The van der Waals surface area contributed by atoms with Crippen molar-refractivity contribution in [1.29, 1.82) is 0 Å². The van der Waals surface area contributed by atoms with Gasteiger partial charge in [-0.05, 0) is 62.4 Å². The minimum absolute atomic E-state index is 0.0730.